The zero-order chi connectivity index (χ0) is 15.5. The predicted molar refractivity (Wildman–Crippen MR) is 87.9 cm³/mol. The third-order valence-electron chi connectivity index (χ3n) is 2.78. The first kappa shape index (κ1) is 17.2. The first-order valence-corrected chi connectivity index (χ1v) is 7.39. The number of nitrogens with zero attached hydrogens (tertiary/aromatic N) is 3. The summed E-state index contributed by atoms with van der Waals surface area (Å²) < 4.78 is 5.31. The number of nitrogens with one attached hydrogen (secondary N) is 2. The Balaban J connectivity index is 2.58. The molecule has 6 nitrogen and oxygen atoms in total. The Morgan fingerprint density at radius 1 is 1.33 bits per heavy atom. The van der Waals surface area contributed by atoms with Gasteiger partial charge in [-0.25, -0.2) is 9.98 Å². The van der Waals surface area contributed by atoms with E-state index in [9.17, 15) is 0 Å². The van der Waals surface area contributed by atoms with Crippen LogP contribution in [0.15, 0.2) is 23.3 Å². The van der Waals surface area contributed by atoms with Gasteiger partial charge in [0.15, 0.2) is 5.96 Å². The van der Waals surface area contributed by atoms with Gasteiger partial charge in [0.05, 0.1) is 13.2 Å². The molecule has 1 aromatic rings. The van der Waals surface area contributed by atoms with Crippen molar-refractivity contribution >= 4 is 11.8 Å². The second-order valence-corrected chi connectivity index (χ2v) is 4.74. The highest BCUT2D eigenvalue weighted by atomic mass is 16.5. The molecule has 0 aliphatic rings. The maximum Gasteiger partial charge on any atom is 0.191 e. The van der Waals surface area contributed by atoms with Gasteiger partial charge in [-0.15, -0.1) is 0 Å². The van der Waals surface area contributed by atoms with Crippen LogP contribution >= 0.6 is 0 Å². The van der Waals surface area contributed by atoms with Crippen molar-refractivity contribution in [2.75, 3.05) is 45.3 Å². The Kier molecular flexibility index (Phi) is 8.19. The quantitative estimate of drug-likeness (QED) is 0.429. The van der Waals surface area contributed by atoms with Gasteiger partial charge in [-0.1, -0.05) is 0 Å². The largest absolute Gasteiger partial charge is 0.380 e. The van der Waals surface area contributed by atoms with Crippen molar-refractivity contribution < 1.29 is 4.74 Å². The SMILES string of the molecule is CCNC(=NCc1ccnc(N(C)C)c1)NCCOCC. The minimum Gasteiger partial charge on any atom is -0.380 e. The molecule has 118 valence electrons. The lowest BCUT2D eigenvalue weighted by atomic mass is 10.2. The van der Waals surface area contributed by atoms with E-state index in [-0.39, 0.29) is 0 Å². The molecule has 1 aromatic heterocycles. The van der Waals surface area contributed by atoms with Gasteiger partial charge < -0.3 is 20.3 Å². The first-order valence-electron chi connectivity index (χ1n) is 7.39. The summed E-state index contributed by atoms with van der Waals surface area (Å²) in [4.78, 5) is 10.9. The molecule has 1 rings (SSSR count). The average molecular weight is 293 g/mol. The van der Waals surface area contributed by atoms with E-state index in [4.69, 9.17) is 4.74 Å². The van der Waals surface area contributed by atoms with Crippen molar-refractivity contribution in [2.45, 2.75) is 20.4 Å². The highest BCUT2D eigenvalue weighted by molar-refractivity contribution is 5.79. The molecule has 0 saturated carbocycles. The summed E-state index contributed by atoms with van der Waals surface area (Å²) in [6.07, 6.45) is 1.82. The molecule has 0 fully saturated rings. The number of anilines is 1. The third kappa shape index (κ3) is 6.94. The molecule has 6 heteroatoms. The van der Waals surface area contributed by atoms with Crippen LogP contribution in [0, 0.1) is 0 Å². The summed E-state index contributed by atoms with van der Waals surface area (Å²) >= 11 is 0. The maximum absolute atomic E-state index is 5.31. The van der Waals surface area contributed by atoms with Gasteiger partial charge in [-0.2, -0.15) is 0 Å². The van der Waals surface area contributed by atoms with Gasteiger partial charge in [0.1, 0.15) is 5.82 Å². The second-order valence-electron chi connectivity index (χ2n) is 4.74. The summed E-state index contributed by atoms with van der Waals surface area (Å²) in [5.74, 6) is 1.75. The number of aliphatic imine (C=N–C) groups is 1. The van der Waals surface area contributed by atoms with E-state index in [1.54, 1.807) is 0 Å². The van der Waals surface area contributed by atoms with E-state index in [0.29, 0.717) is 13.2 Å². The summed E-state index contributed by atoms with van der Waals surface area (Å²) in [7, 11) is 3.96. The zero-order valence-corrected chi connectivity index (χ0v) is 13.5. The molecule has 0 aliphatic carbocycles. The Labute approximate surface area is 127 Å². The molecule has 0 radical (unpaired) electrons. The molecule has 0 aliphatic heterocycles. The van der Waals surface area contributed by atoms with Crippen molar-refractivity contribution in [1.82, 2.24) is 15.6 Å². The number of hydrogen-bond acceptors (Lipinski definition) is 4. The fraction of sp³-hybridized carbons (Fsp3) is 0.600. The smallest absolute Gasteiger partial charge is 0.191 e. The molecule has 0 amide bonds. The van der Waals surface area contributed by atoms with Gasteiger partial charge in [0.25, 0.3) is 0 Å². The highest BCUT2D eigenvalue weighted by Gasteiger charge is 2.00. The standard InChI is InChI=1S/C15H27N5O/c1-5-16-15(18-9-10-21-6-2)19-12-13-7-8-17-14(11-13)20(3)4/h7-8,11H,5-6,9-10,12H2,1-4H3,(H2,16,18,19). The van der Waals surface area contributed by atoms with Crippen molar-refractivity contribution in [3.63, 3.8) is 0 Å². The van der Waals surface area contributed by atoms with Gasteiger partial charge in [-0.3, -0.25) is 0 Å². The molecule has 0 saturated heterocycles. The fourth-order valence-electron chi connectivity index (χ4n) is 1.70. The van der Waals surface area contributed by atoms with Crippen LogP contribution < -0.4 is 15.5 Å². The Morgan fingerprint density at radius 3 is 2.81 bits per heavy atom. The van der Waals surface area contributed by atoms with Crippen LogP contribution in [0.3, 0.4) is 0 Å². The van der Waals surface area contributed by atoms with E-state index in [0.717, 1.165) is 37.0 Å². The Bertz CT molecular complexity index is 434. The number of ether oxygens (including phenoxy) is 1. The third-order valence-corrected chi connectivity index (χ3v) is 2.78. The first-order chi connectivity index (χ1) is 10.2. The van der Waals surface area contributed by atoms with Crippen LogP contribution in [-0.4, -0.2) is 51.3 Å². The minimum atomic E-state index is 0.618. The van der Waals surface area contributed by atoms with E-state index in [2.05, 4.69) is 27.5 Å². The zero-order valence-electron chi connectivity index (χ0n) is 13.5. The van der Waals surface area contributed by atoms with E-state index in [1.165, 1.54) is 0 Å². The van der Waals surface area contributed by atoms with Crippen LogP contribution in [0.2, 0.25) is 0 Å². The van der Waals surface area contributed by atoms with Crippen molar-refractivity contribution in [2.24, 2.45) is 4.99 Å². The van der Waals surface area contributed by atoms with E-state index >= 15 is 0 Å². The van der Waals surface area contributed by atoms with Gasteiger partial charge in [-0.05, 0) is 31.5 Å². The van der Waals surface area contributed by atoms with Crippen molar-refractivity contribution in [3.05, 3.63) is 23.9 Å². The van der Waals surface area contributed by atoms with Crippen molar-refractivity contribution in [1.29, 1.82) is 0 Å². The van der Waals surface area contributed by atoms with Gasteiger partial charge in [0, 0.05) is 40.0 Å². The fourth-order valence-corrected chi connectivity index (χ4v) is 1.70. The average Bonchev–Trinajstić information content (AvgIpc) is 2.49. The molecule has 0 unspecified atom stereocenters. The normalized spacial score (nSPS) is 11.3. The van der Waals surface area contributed by atoms with Crippen LogP contribution in [0.1, 0.15) is 19.4 Å². The molecular weight excluding hydrogens is 266 g/mol. The molecule has 21 heavy (non-hydrogen) atoms. The molecule has 0 aromatic carbocycles. The molecule has 0 bridgehead atoms. The molecule has 0 spiro atoms. The lowest BCUT2D eigenvalue weighted by Gasteiger charge is -2.13. The van der Waals surface area contributed by atoms with Gasteiger partial charge >= 0.3 is 0 Å². The lowest BCUT2D eigenvalue weighted by molar-refractivity contribution is 0.152. The van der Waals surface area contributed by atoms with Crippen LogP contribution in [0.25, 0.3) is 0 Å². The monoisotopic (exact) mass is 293 g/mol. The van der Waals surface area contributed by atoms with E-state index in [1.807, 2.05) is 44.2 Å². The number of pyridine rings is 1. The molecule has 2 N–H and O–H groups in total. The summed E-state index contributed by atoms with van der Waals surface area (Å²) in [6.45, 7) is 7.66. The Morgan fingerprint density at radius 2 is 2.14 bits per heavy atom. The van der Waals surface area contributed by atoms with Gasteiger partial charge in [0.2, 0.25) is 0 Å². The van der Waals surface area contributed by atoms with Crippen LogP contribution in [0.5, 0.6) is 0 Å². The Hall–Kier alpha value is -1.82. The second kappa shape index (κ2) is 9.99. The molecule has 0 atom stereocenters. The van der Waals surface area contributed by atoms with Crippen LogP contribution in [-0.2, 0) is 11.3 Å². The number of aromatic nitrogens is 1. The maximum atomic E-state index is 5.31. The van der Waals surface area contributed by atoms with E-state index < -0.39 is 0 Å². The molecular formula is C15H27N5O. The predicted octanol–water partition coefficient (Wildman–Crippen LogP) is 1.24. The summed E-state index contributed by atoms with van der Waals surface area (Å²) in [5.41, 5.74) is 1.13. The highest BCUT2D eigenvalue weighted by Crippen LogP contribution is 2.10. The number of rotatable bonds is 8. The number of hydrogen-bond donors (Lipinski definition) is 2. The van der Waals surface area contributed by atoms with Crippen molar-refractivity contribution in [3.8, 4) is 0 Å². The summed E-state index contributed by atoms with van der Waals surface area (Å²) in [6, 6.07) is 4.04. The minimum absolute atomic E-state index is 0.618. The topological polar surface area (TPSA) is 61.8 Å². The van der Waals surface area contributed by atoms with Crippen LogP contribution in [0.4, 0.5) is 5.82 Å². The lowest BCUT2D eigenvalue weighted by Crippen LogP contribution is -2.39. The summed E-state index contributed by atoms with van der Waals surface area (Å²) in [5, 5.41) is 6.48. The molecule has 1 heterocycles. The number of guanidine groups is 1.